The van der Waals surface area contributed by atoms with Crippen LogP contribution in [0.4, 0.5) is 11.4 Å². The van der Waals surface area contributed by atoms with Crippen LogP contribution in [-0.4, -0.2) is 23.5 Å². The molecule has 0 unspecified atom stereocenters. The van der Waals surface area contributed by atoms with Crippen molar-refractivity contribution >= 4 is 41.0 Å². The first-order valence-corrected chi connectivity index (χ1v) is 11.3. The maximum absolute atomic E-state index is 13.0. The number of nitrogens with zero attached hydrogens (tertiary/aromatic N) is 1. The fourth-order valence-corrected chi connectivity index (χ4v) is 3.98. The summed E-state index contributed by atoms with van der Waals surface area (Å²) < 4.78 is 0. The van der Waals surface area contributed by atoms with Crippen LogP contribution in [0.3, 0.4) is 0 Å². The molecule has 1 N–H and O–H groups in total. The highest BCUT2D eigenvalue weighted by Gasteiger charge is 2.37. The molecule has 174 valence electrons. The second-order valence-corrected chi connectivity index (χ2v) is 8.18. The van der Waals surface area contributed by atoms with Crippen molar-refractivity contribution in [2.24, 2.45) is 0 Å². The van der Waals surface area contributed by atoms with Crippen LogP contribution >= 0.6 is 0 Å². The van der Waals surface area contributed by atoms with Gasteiger partial charge < -0.3 is 5.32 Å². The van der Waals surface area contributed by atoms with E-state index in [9.17, 15) is 19.2 Å². The molecule has 0 saturated heterocycles. The zero-order valence-electron chi connectivity index (χ0n) is 19.0. The molecule has 5 rings (SSSR count). The highest BCUT2D eigenvalue weighted by atomic mass is 16.2. The third-order valence-corrected chi connectivity index (χ3v) is 5.79. The topological polar surface area (TPSA) is 83.6 Å². The Bertz CT molecular complexity index is 1530. The van der Waals surface area contributed by atoms with Crippen molar-refractivity contribution in [3.05, 3.63) is 137 Å². The van der Waals surface area contributed by atoms with Gasteiger partial charge in [0.25, 0.3) is 17.7 Å². The fraction of sp³-hybridized carbons (Fsp3) is 0. The van der Waals surface area contributed by atoms with Gasteiger partial charge in [0, 0.05) is 16.8 Å². The van der Waals surface area contributed by atoms with E-state index in [2.05, 4.69) is 5.32 Å². The number of imide groups is 1. The molecule has 36 heavy (non-hydrogen) atoms. The molecular formula is C30H20N2O4. The lowest BCUT2D eigenvalue weighted by Crippen LogP contribution is -2.29. The highest BCUT2D eigenvalue weighted by Crippen LogP contribution is 2.29. The van der Waals surface area contributed by atoms with Crippen LogP contribution in [0.5, 0.6) is 0 Å². The molecule has 4 aromatic rings. The van der Waals surface area contributed by atoms with Crippen molar-refractivity contribution in [1.82, 2.24) is 0 Å². The minimum absolute atomic E-state index is 0.173. The average molecular weight is 473 g/mol. The number of allylic oxidation sites excluding steroid dienone is 1. The number of amides is 3. The Morgan fingerprint density at radius 3 is 2.11 bits per heavy atom. The second-order valence-electron chi connectivity index (χ2n) is 8.18. The third-order valence-electron chi connectivity index (χ3n) is 5.79. The summed E-state index contributed by atoms with van der Waals surface area (Å²) in [5.74, 6) is -1.56. The monoisotopic (exact) mass is 472 g/mol. The molecule has 0 aliphatic carbocycles. The highest BCUT2D eigenvalue weighted by molar-refractivity contribution is 6.34. The molecule has 3 amide bonds. The van der Waals surface area contributed by atoms with E-state index in [0.717, 1.165) is 10.5 Å². The van der Waals surface area contributed by atoms with Gasteiger partial charge in [-0.05, 0) is 54.1 Å². The Morgan fingerprint density at radius 1 is 0.667 bits per heavy atom. The maximum atomic E-state index is 13.0. The number of hydrogen-bond acceptors (Lipinski definition) is 4. The molecule has 6 heteroatoms. The van der Waals surface area contributed by atoms with E-state index >= 15 is 0 Å². The normalized spacial score (nSPS) is 12.6. The second kappa shape index (κ2) is 9.64. The number of nitrogens with one attached hydrogen (secondary N) is 1. The predicted molar refractivity (Wildman–Crippen MR) is 138 cm³/mol. The lowest BCUT2D eigenvalue weighted by atomic mass is 10.0. The molecule has 1 aliphatic rings. The van der Waals surface area contributed by atoms with E-state index < -0.39 is 17.7 Å². The Labute approximate surface area is 207 Å². The minimum atomic E-state index is -0.478. The SMILES string of the molecule is O=C(/C=C/c1ccccc1)c1cccc(NC(=O)c2ccc3c(c2)C(=O)N(c2ccccc2)C3=O)c1. The Kier molecular flexibility index (Phi) is 6.07. The Morgan fingerprint density at radius 2 is 1.36 bits per heavy atom. The van der Waals surface area contributed by atoms with Crippen molar-refractivity contribution in [3.8, 4) is 0 Å². The van der Waals surface area contributed by atoms with E-state index in [1.54, 1.807) is 60.7 Å². The van der Waals surface area contributed by atoms with Gasteiger partial charge in [-0.3, -0.25) is 19.2 Å². The number of anilines is 2. The van der Waals surface area contributed by atoms with Crippen LogP contribution in [0, 0.1) is 0 Å². The largest absolute Gasteiger partial charge is 0.322 e. The zero-order valence-corrected chi connectivity index (χ0v) is 19.0. The number of carbonyl (C=O) groups excluding carboxylic acids is 4. The van der Waals surface area contributed by atoms with Gasteiger partial charge >= 0.3 is 0 Å². The Balaban J connectivity index is 1.33. The van der Waals surface area contributed by atoms with E-state index in [4.69, 9.17) is 0 Å². The number of rotatable bonds is 6. The molecule has 0 radical (unpaired) electrons. The van der Waals surface area contributed by atoms with Crippen LogP contribution in [0.15, 0.2) is 109 Å². The van der Waals surface area contributed by atoms with Gasteiger partial charge in [-0.2, -0.15) is 0 Å². The molecule has 1 heterocycles. The summed E-state index contributed by atoms with van der Waals surface area (Å²) in [5, 5.41) is 2.76. The fourth-order valence-electron chi connectivity index (χ4n) is 3.98. The van der Waals surface area contributed by atoms with Crippen LogP contribution in [0.2, 0.25) is 0 Å². The van der Waals surface area contributed by atoms with Gasteiger partial charge in [-0.25, -0.2) is 4.90 Å². The molecule has 6 nitrogen and oxygen atoms in total. The molecular weight excluding hydrogens is 452 g/mol. The smallest absolute Gasteiger partial charge is 0.266 e. The molecule has 0 atom stereocenters. The number of fused-ring (bicyclic) bond motifs is 1. The average Bonchev–Trinajstić information content (AvgIpc) is 3.17. The first-order valence-electron chi connectivity index (χ1n) is 11.3. The van der Waals surface area contributed by atoms with E-state index in [0.29, 0.717) is 16.9 Å². The molecule has 1 aliphatic heterocycles. The first-order chi connectivity index (χ1) is 17.5. The molecule has 4 aromatic carbocycles. The summed E-state index contributed by atoms with van der Waals surface area (Å²) in [5.41, 5.74) is 2.89. The number of ketones is 1. The van der Waals surface area contributed by atoms with Crippen molar-refractivity contribution in [2.45, 2.75) is 0 Å². The number of hydrogen-bond donors (Lipinski definition) is 1. The standard InChI is InChI=1S/C30H20N2O4/c33-27(17-14-20-8-3-1-4-9-20)21-10-7-11-23(18-21)31-28(34)22-15-16-25-26(19-22)30(36)32(29(25)35)24-12-5-2-6-13-24/h1-19H,(H,31,34)/b17-14+. The van der Waals surface area contributed by atoms with E-state index in [1.165, 1.54) is 24.3 Å². The van der Waals surface area contributed by atoms with Gasteiger partial charge in [-0.1, -0.05) is 66.7 Å². The quantitative estimate of drug-likeness (QED) is 0.224. The van der Waals surface area contributed by atoms with Gasteiger partial charge in [-0.15, -0.1) is 0 Å². The molecule has 0 aromatic heterocycles. The van der Waals surface area contributed by atoms with E-state index in [1.807, 2.05) is 30.3 Å². The molecule has 0 bridgehead atoms. The summed E-state index contributed by atoms with van der Waals surface area (Å²) in [4.78, 5) is 52.4. The lowest BCUT2D eigenvalue weighted by Gasteiger charge is -2.13. The Hall–Kier alpha value is -5.10. The molecule has 0 fully saturated rings. The van der Waals surface area contributed by atoms with Crippen LogP contribution in [0.1, 0.15) is 47.0 Å². The van der Waals surface area contributed by atoms with Crippen molar-refractivity contribution in [3.63, 3.8) is 0 Å². The van der Waals surface area contributed by atoms with Crippen molar-refractivity contribution < 1.29 is 19.2 Å². The lowest BCUT2D eigenvalue weighted by molar-refractivity contribution is 0.0924. The van der Waals surface area contributed by atoms with Gasteiger partial charge in [0.2, 0.25) is 0 Å². The van der Waals surface area contributed by atoms with Crippen molar-refractivity contribution in [2.75, 3.05) is 10.2 Å². The number of carbonyl (C=O) groups is 4. The van der Waals surface area contributed by atoms with E-state index in [-0.39, 0.29) is 22.5 Å². The van der Waals surface area contributed by atoms with Gasteiger partial charge in [0.1, 0.15) is 0 Å². The van der Waals surface area contributed by atoms with Gasteiger partial charge in [0.15, 0.2) is 5.78 Å². The first kappa shape index (κ1) is 22.7. The van der Waals surface area contributed by atoms with Crippen LogP contribution < -0.4 is 10.2 Å². The molecule has 0 saturated carbocycles. The summed E-state index contributed by atoms with van der Waals surface area (Å²) in [7, 11) is 0. The van der Waals surface area contributed by atoms with Crippen molar-refractivity contribution in [1.29, 1.82) is 0 Å². The minimum Gasteiger partial charge on any atom is -0.322 e. The number of benzene rings is 4. The summed E-state index contributed by atoms with van der Waals surface area (Å²) in [6.07, 6.45) is 3.22. The number of para-hydroxylation sites is 1. The van der Waals surface area contributed by atoms with Crippen LogP contribution in [0.25, 0.3) is 6.08 Å². The summed E-state index contributed by atoms with van der Waals surface area (Å²) in [6, 6.07) is 29.2. The summed E-state index contributed by atoms with van der Waals surface area (Å²) >= 11 is 0. The van der Waals surface area contributed by atoms with Gasteiger partial charge in [0.05, 0.1) is 16.8 Å². The summed E-state index contributed by atoms with van der Waals surface area (Å²) in [6.45, 7) is 0. The zero-order chi connectivity index (χ0) is 25.1. The molecule has 0 spiro atoms. The van der Waals surface area contributed by atoms with Crippen LogP contribution in [-0.2, 0) is 0 Å². The predicted octanol–water partition coefficient (Wildman–Crippen LogP) is 5.64. The third kappa shape index (κ3) is 4.48. The maximum Gasteiger partial charge on any atom is 0.266 e.